The highest BCUT2D eigenvalue weighted by atomic mass is 16.6. The molecule has 2 unspecified atom stereocenters. The van der Waals surface area contributed by atoms with Gasteiger partial charge in [-0.1, -0.05) is 12.1 Å². The molecular weight excluding hydrogens is 218 g/mol. The highest BCUT2D eigenvalue weighted by Crippen LogP contribution is 2.37. The average Bonchev–Trinajstić information content (AvgIpc) is 2.87. The number of likely N-dealkylation sites (tertiary alicyclic amines) is 1. The number of para-hydroxylation sites is 2. The molecule has 0 saturated carbocycles. The zero-order valence-electron chi connectivity index (χ0n) is 9.74. The van der Waals surface area contributed by atoms with E-state index in [1.54, 1.807) is 12.1 Å². The number of hydrogen-bond donors (Lipinski definition) is 0. The van der Waals surface area contributed by atoms with Crippen LogP contribution in [-0.4, -0.2) is 42.0 Å². The van der Waals surface area contributed by atoms with Crippen molar-refractivity contribution >= 4 is 11.4 Å². The van der Waals surface area contributed by atoms with Crippen LogP contribution in [0, 0.1) is 10.1 Å². The van der Waals surface area contributed by atoms with Gasteiger partial charge in [0.2, 0.25) is 0 Å². The second-order valence-corrected chi connectivity index (χ2v) is 4.88. The number of anilines is 1. The molecule has 2 aliphatic heterocycles. The van der Waals surface area contributed by atoms with Crippen molar-refractivity contribution in [1.29, 1.82) is 0 Å². The van der Waals surface area contributed by atoms with Crippen molar-refractivity contribution in [1.82, 2.24) is 4.90 Å². The molecule has 2 fully saturated rings. The van der Waals surface area contributed by atoms with E-state index in [1.165, 1.54) is 0 Å². The van der Waals surface area contributed by atoms with Crippen molar-refractivity contribution in [2.24, 2.45) is 0 Å². The number of nitro groups is 1. The Morgan fingerprint density at radius 1 is 1.29 bits per heavy atom. The topological polar surface area (TPSA) is 49.6 Å². The number of nitrogens with zero attached hydrogens (tertiary/aromatic N) is 3. The molecule has 2 atom stereocenters. The maximum absolute atomic E-state index is 11.0. The lowest BCUT2D eigenvalue weighted by Gasteiger charge is -2.33. The number of hydrogen-bond acceptors (Lipinski definition) is 4. The molecule has 0 aliphatic carbocycles. The molecule has 90 valence electrons. The number of benzene rings is 1. The molecule has 5 nitrogen and oxygen atoms in total. The predicted octanol–water partition coefficient (Wildman–Crippen LogP) is 1.49. The molecule has 0 aromatic heterocycles. The molecule has 1 aromatic rings. The van der Waals surface area contributed by atoms with Crippen LogP contribution < -0.4 is 4.90 Å². The molecule has 2 aliphatic rings. The first-order chi connectivity index (χ1) is 8.16. The van der Waals surface area contributed by atoms with E-state index < -0.39 is 0 Å². The minimum Gasteiger partial charge on any atom is -0.360 e. The number of piperazine rings is 1. The lowest BCUT2D eigenvalue weighted by atomic mass is 10.2. The van der Waals surface area contributed by atoms with Crippen LogP contribution in [0.5, 0.6) is 0 Å². The minimum atomic E-state index is -0.287. The van der Waals surface area contributed by atoms with Crippen molar-refractivity contribution in [2.75, 3.05) is 25.0 Å². The summed E-state index contributed by atoms with van der Waals surface area (Å²) in [5.74, 6) is 0. The Balaban J connectivity index is 1.94. The SMILES string of the molecule is CN1CC2CC1CN2c1ccccc1[N+](=O)[O-]. The summed E-state index contributed by atoms with van der Waals surface area (Å²) in [5.41, 5.74) is 1.00. The fourth-order valence-electron chi connectivity index (χ4n) is 3.02. The molecule has 0 radical (unpaired) electrons. The molecule has 3 rings (SSSR count). The van der Waals surface area contributed by atoms with Gasteiger partial charge >= 0.3 is 0 Å². The van der Waals surface area contributed by atoms with Gasteiger partial charge in [0.15, 0.2) is 0 Å². The average molecular weight is 233 g/mol. The maximum atomic E-state index is 11.0. The summed E-state index contributed by atoms with van der Waals surface area (Å²) in [6.07, 6.45) is 1.13. The number of nitro benzene ring substituents is 1. The van der Waals surface area contributed by atoms with Crippen LogP contribution >= 0.6 is 0 Å². The molecule has 0 N–H and O–H groups in total. The fraction of sp³-hybridized carbons (Fsp3) is 0.500. The van der Waals surface area contributed by atoms with Gasteiger partial charge in [0, 0.05) is 31.2 Å². The summed E-state index contributed by atoms with van der Waals surface area (Å²) < 4.78 is 0. The second-order valence-electron chi connectivity index (χ2n) is 4.88. The molecule has 17 heavy (non-hydrogen) atoms. The van der Waals surface area contributed by atoms with Gasteiger partial charge in [-0.3, -0.25) is 15.0 Å². The number of rotatable bonds is 2. The number of fused-ring (bicyclic) bond motifs is 2. The Kier molecular flexibility index (Phi) is 2.29. The predicted molar refractivity (Wildman–Crippen MR) is 65.3 cm³/mol. The first kappa shape index (κ1) is 10.5. The molecule has 2 saturated heterocycles. The molecular formula is C12H15N3O2. The Bertz CT molecular complexity index is 461. The van der Waals surface area contributed by atoms with E-state index in [9.17, 15) is 10.1 Å². The molecule has 5 heteroatoms. The van der Waals surface area contributed by atoms with E-state index in [0.29, 0.717) is 12.1 Å². The highest BCUT2D eigenvalue weighted by Gasteiger charge is 2.42. The van der Waals surface area contributed by atoms with Crippen molar-refractivity contribution in [3.8, 4) is 0 Å². The van der Waals surface area contributed by atoms with Gasteiger partial charge < -0.3 is 4.90 Å². The number of likely N-dealkylation sites (N-methyl/N-ethyl adjacent to an activating group) is 1. The molecule has 2 heterocycles. The Hall–Kier alpha value is -1.62. The zero-order valence-corrected chi connectivity index (χ0v) is 9.74. The van der Waals surface area contributed by atoms with Crippen LogP contribution in [0.15, 0.2) is 24.3 Å². The third kappa shape index (κ3) is 1.58. The molecule has 1 aromatic carbocycles. The van der Waals surface area contributed by atoms with Crippen LogP contribution in [-0.2, 0) is 0 Å². The third-order valence-corrected chi connectivity index (χ3v) is 3.90. The van der Waals surface area contributed by atoms with Crippen molar-refractivity contribution in [3.05, 3.63) is 34.4 Å². The summed E-state index contributed by atoms with van der Waals surface area (Å²) in [4.78, 5) is 15.3. The lowest BCUT2D eigenvalue weighted by Crippen LogP contribution is -2.44. The van der Waals surface area contributed by atoms with Gasteiger partial charge in [-0.15, -0.1) is 0 Å². The summed E-state index contributed by atoms with van der Waals surface area (Å²) >= 11 is 0. The van der Waals surface area contributed by atoms with Crippen LogP contribution in [0.2, 0.25) is 0 Å². The molecule has 0 amide bonds. The lowest BCUT2D eigenvalue weighted by molar-refractivity contribution is -0.384. The van der Waals surface area contributed by atoms with Gasteiger partial charge in [-0.2, -0.15) is 0 Å². The Morgan fingerprint density at radius 3 is 2.65 bits per heavy atom. The molecule has 2 bridgehead atoms. The smallest absolute Gasteiger partial charge is 0.292 e. The first-order valence-corrected chi connectivity index (χ1v) is 5.87. The van der Waals surface area contributed by atoms with Crippen LogP contribution in [0.4, 0.5) is 11.4 Å². The van der Waals surface area contributed by atoms with Gasteiger partial charge in [-0.25, -0.2) is 0 Å². The highest BCUT2D eigenvalue weighted by molar-refractivity contribution is 5.64. The second kappa shape index (κ2) is 3.70. The fourth-order valence-corrected chi connectivity index (χ4v) is 3.02. The quantitative estimate of drug-likeness (QED) is 0.573. The standard InChI is InChI=1S/C12H15N3O2/c1-13-7-10-6-9(13)8-14(10)11-4-2-3-5-12(11)15(16)17/h2-5,9-10H,6-8H2,1H3. The van der Waals surface area contributed by atoms with E-state index in [0.717, 1.165) is 25.2 Å². The summed E-state index contributed by atoms with van der Waals surface area (Å²) in [6.45, 7) is 1.92. The largest absolute Gasteiger partial charge is 0.360 e. The first-order valence-electron chi connectivity index (χ1n) is 5.87. The Labute approximate surface area is 99.8 Å². The van der Waals surface area contributed by atoms with E-state index in [1.807, 2.05) is 12.1 Å². The van der Waals surface area contributed by atoms with Crippen molar-refractivity contribution < 1.29 is 4.92 Å². The minimum absolute atomic E-state index is 0.225. The normalized spacial score (nSPS) is 27.7. The van der Waals surface area contributed by atoms with Crippen molar-refractivity contribution in [3.63, 3.8) is 0 Å². The Morgan fingerprint density at radius 2 is 2.06 bits per heavy atom. The van der Waals surface area contributed by atoms with Gasteiger partial charge in [0.25, 0.3) is 5.69 Å². The van der Waals surface area contributed by atoms with E-state index in [2.05, 4.69) is 16.8 Å². The third-order valence-electron chi connectivity index (χ3n) is 3.90. The zero-order chi connectivity index (χ0) is 12.0. The summed E-state index contributed by atoms with van der Waals surface area (Å²) in [6, 6.07) is 8.04. The van der Waals surface area contributed by atoms with Crippen molar-refractivity contribution in [2.45, 2.75) is 18.5 Å². The van der Waals surface area contributed by atoms with Gasteiger partial charge in [0.05, 0.1) is 4.92 Å². The van der Waals surface area contributed by atoms with Gasteiger partial charge in [-0.05, 0) is 19.5 Å². The van der Waals surface area contributed by atoms with Gasteiger partial charge in [0.1, 0.15) is 5.69 Å². The molecule has 0 spiro atoms. The van der Waals surface area contributed by atoms with E-state index in [4.69, 9.17) is 0 Å². The summed E-state index contributed by atoms with van der Waals surface area (Å²) in [7, 11) is 2.13. The van der Waals surface area contributed by atoms with Crippen LogP contribution in [0.1, 0.15) is 6.42 Å². The van der Waals surface area contributed by atoms with E-state index >= 15 is 0 Å². The maximum Gasteiger partial charge on any atom is 0.292 e. The monoisotopic (exact) mass is 233 g/mol. The van der Waals surface area contributed by atoms with Crippen LogP contribution in [0.3, 0.4) is 0 Å². The van der Waals surface area contributed by atoms with E-state index in [-0.39, 0.29) is 10.6 Å². The van der Waals surface area contributed by atoms with Crippen LogP contribution in [0.25, 0.3) is 0 Å². The summed E-state index contributed by atoms with van der Waals surface area (Å²) in [5, 5.41) is 11.0.